The first kappa shape index (κ1) is 20.5. The number of carbonyl (C=O) groups excluding carboxylic acids is 1. The molecule has 9 nitrogen and oxygen atoms in total. The minimum absolute atomic E-state index is 0.0280. The van der Waals surface area contributed by atoms with E-state index in [1.807, 2.05) is 17.2 Å². The molecule has 3 atom stereocenters. The summed E-state index contributed by atoms with van der Waals surface area (Å²) in [6.07, 6.45) is 8.77. The van der Waals surface area contributed by atoms with Crippen LogP contribution in [0.5, 0.6) is 5.75 Å². The quantitative estimate of drug-likeness (QED) is 0.651. The highest BCUT2D eigenvalue weighted by molar-refractivity contribution is 5.90. The Hall–Kier alpha value is -3.36. The van der Waals surface area contributed by atoms with Gasteiger partial charge >= 0.3 is 6.03 Å². The van der Waals surface area contributed by atoms with Crippen LogP contribution in [0.4, 0.5) is 16.3 Å². The van der Waals surface area contributed by atoms with Gasteiger partial charge < -0.3 is 24.8 Å². The van der Waals surface area contributed by atoms with Gasteiger partial charge in [0.05, 0.1) is 30.6 Å². The highest BCUT2D eigenvalue weighted by Crippen LogP contribution is 2.58. The molecule has 32 heavy (non-hydrogen) atoms. The van der Waals surface area contributed by atoms with Crippen LogP contribution >= 0.6 is 0 Å². The van der Waals surface area contributed by atoms with E-state index in [1.165, 1.54) is 0 Å². The van der Waals surface area contributed by atoms with Crippen LogP contribution in [0.3, 0.4) is 0 Å². The lowest BCUT2D eigenvalue weighted by Crippen LogP contribution is -2.38. The molecule has 1 unspecified atom stereocenters. The third kappa shape index (κ3) is 3.23. The monoisotopic (exact) mass is 435 g/mol. The number of methoxy groups -OCH3 is 1. The molecule has 1 aliphatic carbocycles. The molecular formula is C23H29N7O2. The molecule has 1 aliphatic heterocycles. The van der Waals surface area contributed by atoms with Crippen molar-refractivity contribution >= 4 is 28.6 Å². The van der Waals surface area contributed by atoms with Crippen LogP contribution in [0.1, 0.15) is 26.7 Å². The third-order valence-corrected chi connectivity index (χ3v) is 7.61. The number of H-pyrrole nitrogens is 1. The number of carbonyl (C=O) groups is 1. The molecular weight excluding hydrogens is 406 g/mol. The maximum atomic E-state index is 13.0. The number of ether oxygens (including phenoxy) is 1. The molecule has 0 bridgehead atoms. The third-order valence-electron chi connectivity index (χ3n) is 7.61. The Morgan fingerprint density at radius 3 is 2.72 bits per heavy atom. The Labute approximate surface area is 187 Å². The van der Waals surface area contributed by atoms with Crippen LogP contribution in [0.25, 0.3) is 11.0 Å². The van der Waals surface area contributed by atoms with Gasteiger partial charge in [0.1, 0.15) is 23.5 Å². The Morgan fingerprint density at radius 2 is 2.00 bits per heavy atom. The number of amides is 2. The van der Waals surface area contributed by atoms with Gasteiger partial charge in [0.15, 0.2) is 0 Å². The molecule has 2 N–H and O–H groups in total. The number of hydrogen-bond donors (Lipinski definition) is 2. The summed E-state index contributed by atoms with van der Waals surface area (Å²) in [4.78, 5) is 33.4. The first-order valence-electron chi connectivity index (χ1n) is 10.9. The molecule has 168 valence electrons. The zero-order valence-electron chi connectivity index (χ0n) is 18.9. The molecule has 2 aliphatic rings. The molecule has 9 heteroatoms. The smallest absolute Gasteiger partial charge is 0.321 e. The molecule has 0 aromatic carbocycles. The van der Waals surface area contributed by atoms with Crippen LogP contribution in [-0.2, 0) is 0 Å². The van der Waals surface area contributed by atoms with Crippen molar-refractivity contribution in [1.29, 1.82) is 0 Å². The summed E-state index contributed by atoms with van der Waals surface area (Å²) < 4.78 is 5.20. The van der Waals surface area contributed by atoms with Crippen LogP contribution in [0.15, 0.2) is 37.1 Å². The number of nitrogens with one attached hydrogen (secondary N) is 2. The van der Waals surface area contributed by atoms with E-state index in [0.717, 1.165) is 42.8 Å². The highest BCUT2D eigenvalue weighted by Gasteiger charge is 2.59. The molecule has 2 fully saturated rings. The van der Waals surface area contributed by atoms with Crippen LogP contribution in [-0.4, -0.2) is 64.2 Å². The minimum atomic E-state index is -0.0911. The van der Waals surface area contributed by atoms with Crippen molar-refractivity contribution in [2.75, 3.05) is 37.5 Å². The number of pyridine rings is 1. The molecule has 3 aromatic heterocycles. The van der Waals surface area contributed by atoms with E-state index in [1.54, 1.807) is 31.9 Å². The van der Waals surface area contributed by atoms with Gasteiger partial charge in [-0.3, -0.25) is 4.98 Å². The van der Waals surface area contributed by atoms with Gasteiger partial charge in [0, 0.05) is 38.4 Å². The zero-order chi connectivity index (χ0) is 22.5. The molecule has 4 heterocycles. The molecule has 0 spiro atoms. The van der Waals surface area contributed by atoms with E-state index >= 15 is 0 Å². The summed E-state index contributed by atoms with van der Waals surface area (Å²) in [5.41, 5.74) is 1.55. The molecule has 1 saturated heterocycles. The number of aromatic nitrogens is 4. The summed E-state index contributed by atoms with van der Waals surface area (Å²) >= 11 is 0. The van der Waals surface area contributed by atoms with E-state index < -0.39 is 0 Å². The van der Waals surface area contributed by atoms with Gasteiger partial charge in [0.2, 0.25) is 0 Å². The molecule has 3 aromatic rings. The lowest BCUT2D eigenvalue weighted by molar-refractivity contribution is 0.184. The maximum absolute atomic E-state index is 13.0. The van der Waals surface area contributed by atoms with Crippen molar-refractivity contribution in [2.24, 2.45) is 10.8 Å². The van der Waals surface area contributed by atoms with Gasteiger partial charge in [-0.25, -0.2) is 14.8 Å². The predicted octanol–water partition coefficient (Wildman–Crippen LogP) is 3.52. The molecule has 5 rings (SSSR count). The van der Waals surface area contributed by atoms with Crippen molar-refractivity contribution in [3.8, 4) is 5.75 Å². The Balaban J connectivity index is 1.30. The fourth-order valence-electron chi connectivity index (χ4n) is 5.55. The summed E-state index contributed by atoms with van der Waals surface area (Å²) in [6.45, 7) is 6.07. The van der Waals surface area contributed by atoms with Crippen LogP contribution in [0.2, 0.25) is 0 Å². The summed E-state index contributed by atoms with van der Waals surface area (Å²) in [5.74, 6) is 1.57. The summed E-state index contributed by atoms with van der Waals surface area (Å²) in [6, 6.07) is 4.07. The van der Waals surface area contributed by atoms with E-state index in [0.29, 0.717) is 17.5 Å². The number of fused-ring (bicyclic) bond motifs is 2. The van der Waals surface area contributed by atoms with Crippen molar-refractivity contribution in [2.45, 2.75) is 32.7 Å². The fraction of sp³-hybridized carbons (Fsp3) is 0.478. The van der Waals surface area contributed by atoms with Crippen LogP contribution in [0, 0.1) is 10.8 Å². The lowest BCUT2D eigenvalue weighted by Gasteiger charge is -2.31. The largest absolute Gasteiger partial charge is 0.495 e. The Morgan fingerprint density at radius 1 is 1.25 bits per heavy atom. The zero-order valence-corrected chi connectivity index (χ0v) is 18.9. The van der Waals surface area contributed by atoms with Crippen LogP contribution < -0.4 is 15.0 Å². The van der Waals surface area contributed by atoms with Gasteiger partial charge in [0.25, 0.3) is 0 Å². The average molecular weight is 436 g/mol. The molecule has 2 amide bonds. The van der Waals surface area contributed by atoms with E-state index in [-0.39, 0.29) is 16.9 Å². The van der Waals surface area contributed by atoms with Gasteiger partial charge in [-0.1, -0.05) is 13.8 Å². The normalized spacial score (nSPS) is 26.9. The van der Waals surface area contributed by atoms with E-state index in [2.05, 4.69) is 51.0 Å². The lowest BCUT2D eigenvalue weighted by atomic mass is 9.71. The second-order valence-corrected chi connectivity index (χ2v) is 9.63. The predicted molar refractivity (Wildman–Crippen MR) is 123 cm³/mol. The number of anilines is 2. The number of nitrogens with zero attached hydrogens (tertiary/aromatic N) is 5. The second kappa shape index (κ2) is 7.36. The SMILES string of the molecule is COc1cncc(NC(=O)N2C[C@]3(C)CC(N(C)c4ncnc5[nH]ccc45)C[C@]3(C)C2)c1. The Bertz CT molecular complexity index is 1140. The number of hydrogen-bond acceptors (Lipinski definition) is 6. The maximum Gasteiger partial charge on any atom is 0.321 e. The minimum Gasteiger partial charge on any atom is -0.495 e. The molecule has 0 radical (unpaired) electrons. The molecule has 1 saturated carbocycles. The number of aromatic amines is 1. The number of urea groups is 1. The first-order chi connectivity index (χ1) is 15.3. The number of rotatable bonds is 4. The van der Waals surface area contributed by atoms with Gasteiger partial charge in [-0.15, -0.1) is 0 Å². The van der Waals surface area contributed by atoms with Gasteiger partial charge in [-0.2, -0.15) is 0 Å². The Kier molecular flexibility index (Phi) is 4.72. The standard InChI is InChI=1S/C23H29N7O2/c1-22-8-16(29(3)20-18-5-6-25-19(18)26-14-27-20)9-23(22,2)13-30(12-22)21(31)28-15-7-17(32-4)11-24-10-15/h5-7,10-11,14,16H,8-9,12-13H2,1-4H3,(H,28,31)(H,25,26,27)/t16?,22-,23+. The van der Waals surface area contributed by atoms with Crippen molar-refractivity contribution in [1.82, 2.24) is 24.8 Å². The first-order valence-corrected chi connectivity index (χ1v) is 10.9. The topological polar surface area (TPSA) is 99.3 Å². The van der Waals surface area contributed by atoms with Gasteiger partial charge in [-0.05, 0) is 29.7 Å². The van der Waals surface area contributed by atoms with Crippen molar-refractivity contribution < 1.29 is 9.53 Å². The van der Waals surface area contributed by atoms with Crippen molar-refractivity contribution in [3.05, 3.63) is 37.1 Å². The number of likely N-dealkylation sites (tertiary alicyclic amines) is 1. The van der Waals surface area contributed by atoms with E-state index in [4.69, 9.17) is 4.74 Å². The second-order valence-electron chi connectivity index (χ2n) is 9.63. The summed E-state index contributed by atoms with van der Waals surface area (Å²) in [5, 5.41) is 4.01. The fourth-order valence-corrected chi connectivity index (χ4v) is 5.55. The van der Waals surface area contributed by atoms with E-state index in [9.17, 15) is 4.79 Å². The summed E-state index contributed by atoms with van der Waals surface area (Å²) in [7, 11) is 3.70. The highest BCUT2D eigenvalue weighted by atomic mass is 16.5. The van der Waals surface area contributed by atoms with Crippen molar-refractivity contribution in [3.63, 3.8) is 0 Å². The average Bonchev–Trinajstić information content (AvgIpc) is 3.42.